The first-order chi connectivity index (χ1) is 15.0. The first-order valence-corrected chi connectivity index (χ1v) is 9.33. The van der Waals surface area contributed by atoms with E-state index in [2.05, 4.69) is 15.6 Å². The highest BCUT2D eigenvalue weighted by Gasteiger charge is 2.11. The van der Waals surface area contributed by atoms with Crippen molar-refractivity contribution in [3.8, 4) is 11.5 Å². The smallest absolute Gasteiger partial charge is 0.292 e. The number of carbonyl (C=O) groups excluding carboxylic acids is 1. The number of amides is 1. The first kappa shape index (κ1) is 21.4. The summed E-state index contributed by atoms with van der Waals surface area (Å²) in [6, 6.07) is 13.9. The molecular weight excluding hydrogens is 403 g/mol. The summed E-state index contributed by atoms with van der Waals surface area (Å²) >= 11 is 0. The highest BCUT2D eigenvalue weighted by atomic mass is 19.1. The minimum absolute atomic E-state index is 0.0355. The summed E-state index contributed by atoms with van der Waals surface area (Å²) in [5.41, 5.74) is 0.831. The van der Waals surface area contributed by atoms with Crippen molar-refractivity contribution >= 4 is 23.4 Å². The van der Waals surface area contributed by atoms with Crippen molar-refractivity contribution in [2.24, 2.45) is 0 Å². The molecule has 0 radical (unpaired) electrons. The van der Waals surface area contributed by atoms with Crippen LogP contribution < -0.4 is 15.4 Å². The molecule has 158 valence electrons. The van der Waals surface area contributed by atoms with Gasteiger partial charge in [-0.05, 0) is 42.0 Å². The summed E-state index contributed by atoms with van der Waals surface area (Å²) in [6.07, 6.45) is 5.81. The third kappa shape index (κ3) is 6.36. The van der Waals surface area contributed by atoms with Gasteiger partial charge in [0.1, 0.15) is 11.4 Å². The Kier molecular flexibility index (Phi) is 7.26. The van der Waals surface area contributed by atoms with Gasteiger partial charge in [0.2, 0.25) is 5.91 Å². The topological polar surface area (TPSA) is 106 Å². The predicted molar refractivity (Wildman–Crippen MR) is 114 cm³/mol. The fourth-order valence-corrected chi connectivity index (χ4v) is 2.63. The van der Waals surface area contributed by atoms with Gasteiger partial charge in [-0.15, -0.1) is 0 Å². The SMILES string of the molecule is O=C(/C=C/c1ccc(Oc2cccnc2)c(F)c1)NCCNc1ccccc1[N+](=O)[O-]. The van der Waals surface area contributed by atoms with E-state index < -0.39 is 10.7 Å². The molecule has 2 aromatic carbocycles. The molecule has 0 saturated carbocycles. The number of anilines is 1. The van der Waals surface area contributed by atoms with E-state index in [0.29, 0.717) is 23.5 Å². The van der Waals surface area contributed by atoms with Gasteiger partial charge in [-0.2, -0.15) is 0 Å². The number of para-hydroxylation sites is 2. The Hall–Kier alpha value is -4.27. The van der Waals surface area contributed by atoms with Crippen LogP contribution in [0.5, 0.6) is 11.5 Å². The van der Waals surface area contributed by atoms with Crippen LogP contribution in [0.4, 0.5) is 15.8 Å². The lowest BCUT2D eigenvalue weighted by Crippen LogP contribution is -2.27. The van der Waals surface area contributed by atoms with Crippen LogP contribution in [0, 0.1) is 15.9 Å². The van der Waals surface area contributed by atoms with Gasteiger partial charge >= 0.3 is 0 Å². The molecule has 0 fully saturated rings. The molecule has 0 saturated heterocycles. The van der Waals surface area contributed by atoms with Crippen LogP contribution in [-0.4, -0.2) is 28.9 Å². The van der Waals surface area contributed by atoms with E-state index in [4.69, 9.17) is 4.74 Å². The van der Waals surface area contributed by atoms with Crippen LogP contribution in [0.1, 0.15) is 5.56 Å². The minimum Gasteiger partial charge on any atom is -0.453 e. The van der Waals surface area contributed by atoms with E-state index in [1.165, 1.54) is 36.5 Å². The Morgan fingerprint density at radius 3 is 2.74 bits per heavy atom. The molecule has 1 aromatic heterocycles. The second-order valence-electron chi connectivity index (χ2n) is 6.31. The molecule has 0 bridgehead atoms. The average molecular weight is 422 g/mol. The van der Waals surface area contributed by atoms with Gasteiger partial charge in [-0.25, -0.2) is 4.39 Å². The monoisotopic (exact) mass is 422 g/mol. The van der Waals surface area contributed by atoms with E-state index in [-0.39, 0.29) is 23.9 Å². The Bertz CT molecular complexity index is 1090. The summed E-state index contributed by atoms with van der Waals surface area (Å²) < 4.78 is 19.6. The molecule has 3 rings (SSSR count). The first-order valence-electron chi connectivity index (χ1n) is 9.33. The third-order valence-corrected chi connectivity index (χ3v) is 4.09. The zero-order chi connectivity index (χ0) is 22.1. The highest BCUT2D eigenvalue weighted by molar-refractivity contribution is 5.91. The molecule has 0 unspecified atom stereocenters. The van der Waals surface area contributed by atoms with Gasteiger partial charge in [0, 0.05) is 31.4 Å². The van der Waals surface area contributed by atoms with E-state index in [1.807, 2.05) is 0 Å². The maximum Gasteiger partial charge on any atom is 0.292 e. The molecule has 0 atom stereocenters. The summed E-state index contributed by atoms with van der Waals surface area (Å²) in [6.45, 7) is 0.556. The van der Waals surface area contributed by atoms with Gasteiger partial charge in [0.25, 0.3) is 5.69 Å². The van der Waals surface area contributed by atoms with Crippen molar-refractivity contribution in [3.63, 3.8) is 0 Å². The van der Waals surface area contributed by atoms with Crippen molar-refractivity contribution in [2.45, 2.75) is 0 Å². The number of benzene rings is 2. The Morgan fingerprint density at radius 1 is 1.16 bits per heavy atom. The Labute approximate surface area is 177 Å². The molecule has 2 N–H and O–H groups in total. The van der Waals surface area contributed by atoms with Crippen LogP contribution in [0.2, 0.25) is 0 Å². The van der Waals surface area contributed by atoms with Crippen molar-refractivity contribution < 1.29 is 18.8 Å². The number of carbonyl (C=O) groups is 1. The number of nitro benzene ring substituents is 1. The van der Waals surface area contributed by atoms with Gasteiger partial charge in [0.05, 0.1) is 11.1 Å². The number of aromatic nitrogens is 1. The van der Waals surface area contributed by atoms with Crippen LogP contribution in [-0.2, 0) is 4.79 Å². The largest absolute Gasteiger partial charge is 0.453 e. The molecule has 1 heterocycles. The number of halogens is 1. The third-order valence-electron chi connectivity index (χ3n) is 4.09. The van der Waals surface area contributed by atoms with Crippen LogP contribution >= 0.6 is 0 Å². The number of rotatable bonds is 9. The van der Waals surface area contributed by atoms with Gasteiger partial charge in [-0.1, -0.05) is 18.2 Å². The molecule has 8 nitrogen and oxygen atoms in total. The molecule has 0 aliphatic rings. The molecule has 0 aliphatic heterocycles. The normalized spacial score (nSPS) is 10.6. The number of pyridine rings is 1. The van der Waals surface area contributed by atoms with E-state index in [0.717, 1.165) is 0 Å². The number of hydrogen-bond donors (Lipinski definition) is 2. The summed E-state index contributed by atoms with van der Waals surface area (Å²) in [5, 5.41) is 16.5. The van der Waals surface area contributed by atoms with Gasteiger partial charge in [0.15, 0.2) is 11.6 Å². The summed E-state index contributed by atoms with van der Waals surface area (Å²) in [4.78, 5) is 26.3. The zero-order valence-electron chi connectivity index (χ0n) is 16.3. The molecule has 31 heavy (non-hydrogen) atoms. The molecule has 9 heteroatoms. The fraction of sp³-hybridized carbons (Fsp3) is 0.0909. The van der Waals surface area contributed by atoms with Crippen molar-refractivity contribution in [1.29, 1.82) is 0 Å². The van der Waals surface area contributed by atoms with Gasteiger partial charge in [-0.3, -0.25) is 19.9 Å². The van der Waals surface area contributed by atoms with Crippen LogP contribution in [0.25, 0.3) is 6.08 Å². The Morgan fingerprint density at radius 2 is 2.00 bits per heavy atom. The van der Waals surface area contributed by atoms with Crippen molar-refractivity contribution in [3.05, 3.63) is 94.6 Å². The number of ether oxygens (including phenoxy) is 1. The van der Waals surface area contributed by atoms with E-state index >= 15 is 0 Å². The predicted octanol–water partition coefficient (Wildman–Crippen LogP) is 4.16. The van der Waals surface area contributed by atoms with Crippen LogP contribution in [0.15, 0.2) is 73.1 Å². The average Bonchev–Trinajstić information content (AvgIpc) is 2.78. The van der Waals surface area contributed by atoms with Crippen molar-refractivity contribution in [1.82, 2.24) is 10.3 Å². The second-order valence-corrected chi connectivity index (χ2v) is 6.31. The van der Waals surface area contributed by atoms with Gasteiger partial charge < -0.3 is 15.4 Å². The lowest BCUT2D eigenvalue weighted by Gasteiger charge is -2.07. The highest BCUT2D eigenvalue weighted by Crippen LogP contribution is 2.25. The maximum atomic E-state index is 14.2. The zero-order valence-corrected chi connectivity index (χ0v) is 16.3. The van der Waals surface area contributed by atoms with E-state index in [1.54, 1.807) is 42.6 Å². The maximum absolute atomic E-state index is 14.2. The number of nitrogens with zero attached hydrogens (tertiary/aromatic N) is 2. The molecular formula is C22H19FN4O4. The fourth-order valence-electron chi connectivity index (χ4n) is 2.63. The molecule has 3 aromatic rings. The number of nitrogens with one attached hydrogen (secondary N) is 2. The number of hydrogen-bond acceptors (Lipinski definition) is 6. The molecule has 0 spiro atoms. The minimum atomic E-state index is -0.569. The summed E-state index contributed by atoms with van der Waals surface area (Å²) in [5.74, 6) is -0.477. The van der Waals surface area contributed by atoms with E-state index in [9.17, 15) is 19.3 Å². The quantitative estimate of drug-likeness (QED) is 0.232. The lowest BCUT2D eigenvalue weighted by molar-refractivity contribution is -0.384. The second kappa shape index (κ2) is 10.5. The molecule has 0 aliphatic carbocycles. The standard InChI is InChI=1S/C22H19FN4O4/c23-18-14-16(7-9-21(18)31-17-4-3-11-24-15-17)8-10-22(28)26-13-12-25-19-5-1-2-6-20(19)27(29)30/h1-11,14-15,25H,12-13H2,(H,26,28)/b10-8+. The van der Waals surface area contributed by atoms with Crippen LogP contribution in [0.3, 0.4) is 0 Å². The lowest BCUT2D eigenvalue weighted by atomic mass is 10.2. The Balaban J connectivity index is 1.48. The molecule has 1 amide bonds. The van der Waals surface area contributed by atoms with Crippen molar-refractivity contribution in [2.75, 3.05) is 18.4 Å². The summed E-state index contributed by atoms with van der Waals surface area (Å²) in [7, 11) is 0. The number of nitro groups is 1.